The summed E-state index contributed by atoms with van der Waals surface area (Å²) in [6, 6.07) is 11.3. The number of hydrogen-bond acceptors (Lipinski definition) is 3. The zero-order chi connectivity index (χ0) is 11.1. The minimum atomic E-state index is 0.389. The van der Waals surface area contributed by atoms with Crippen LogP contribution in [0.4, 0.5) is 5.69 Å². The maximum absolute atomic E-state index is 8.80. The lowest BCUT2D eigenvalue weighted by Crippen LogP contribution is -1.95. The summed E-state index contributed by atoms with van der Waals surface area (Å²) in [6.07, 6.45) is 1.25. The Hall–Kier alpha value is -2.26. The van der Waals surface area contributed by atoms with E-state index in [1.807, 2.05) is 43.3 Å². The van der Waals surface area contributed by atoms with E-state index in [0.29, 0.717) is 5.57 Å². The third-order valence-electron chi connectivity index (χ3n) is 1.91. The third kappa shape index (κ3) is 2.86. The van der Waals surface area contributed by atoms with Gasteiger partial charge in [-0.1, -0.05) is 12.1 Å². The molecule has 0 aliphatic heterocycles. The molecule has 3 heteroatoms. The smallest absolute Gasteiger partial charge is 0.101 e. The molecule has 3 nitrogen and oxygen atoms in total. The van der Waals surface area contributed by atoms with Gasteiger partial charge in [0.25, 0.3) is 0 Å². The van der Waals surface area contributed by atoms with E-state index in [4.69, 9.17) is 10.5 Å². The summed E-state index contributed by atoms with van der Waals surface area (Å²) < 4.78 is 0. The van der Waals surface area contributed by atoms with E-state index in [1.165, 1.54) is 6.08 Å². The Kier molecular flexibility index (Phi) is 3.94. The van der Waals surface area contributed by atoms with Gasteiger partial charge in [-0.25, -0.2) is 0 Å². The van der Waals surface area contributed by atoms with E-state index >= 15 is 0 Å². The van der Waals surface area contributed by atoms with Crippen molar-refractivity contribution in [3.63, 3.8) is 0 Å². The van der Waals surface area contributed by atoms with Crippen molar-refractivity contribution >= 4 is 11.3 Å². The molecule has 0 spiro atoms. The number of allylic oxidation sites excluding steroid dienone is 2. The standard InChI is InChI=1S/C12H11N3/c1-2-15-12-5-3-10(4-6-12)11(9-14)7-8-13/h3-7,15H,2H2,1H3/b11-7+. The van der Waals surface area contributed by atoms with Crippen LogP contribution in [0, 0.1) is 22.7 Å². The van der Waals surface area contributed by atoms with Gasteiger partial charge in [-0.15, -0.1) is 0 Å². The van der Waals surface area contributed by atoms with Gasteiger partial charge >= 0.3 is 0 Å². The zero-order valence-electron chi connectivity index (χ0n) is 8.49. The molecule has 0 fully saturated rings. The van der Waals surface area contributed by atoms with Crippen molar-refractivity contribution in [2.75, 3.05) is 11.9 Å². The first-order valence-corrected chi connectivity index (χ1v) is 4.66. The first kappa shape index (κ1) is 10.8. The average Bonchev–Trinajstić information content (AvgIpc) is 2.28. The molecule has 0 aliphatic rings. The quantitative estimate of drug-likeness (QED) is 0.757. The zero-order valence-corrected chi connectivity index (χ0v) is 8.49. The highest BCUT2D eigenvalue weighted by Crippen LogP contribution is 2.16. The highest BCUT2D eigenvalue weighted by atomic mass is 14.8. The first-order valence-electron chi connectivity index (χ1n) is 4.66. The fraction of sp³-hybridized carbons (Fsp3) is 0.167. The Balaban J connectivity index is 2.95. The molecule has 0 aliphatic carbocycles. The SMILES string of the molecule is CCNc1ccc(/C(C#N)=C/C#N)cc1. The van der Waals surface area contributed by atoms with Crippen molar-refractivity contribution in [3.8, 4) is 12.1 Å². The van der Waals surface area contributed by atoms with Crippen LogP contribution in [-0.2, 0) is 0 Å². The molecule has 0 aromatic heterocycles. The largest absolute Gasteiger partial charge is 0.385 e. The molecule has 1 aromatic rings. The lowest BCUT2D eigenvalue weighted by molar-refractivity contribution is 1.21. The molecular weight excluding hydrogens is 186 g/mol. The first-order chi connectivity index (χ1) is 7.31. The number of hydrogen-bond donors (Lipinski definition) is 1. The fourth-order valence-electron chi connectivity index (χ4n) is 1.22. The van der Waals surface area contributed by atoms with Crippen molar-refractivity contribution in [1.82, 2.24) is 0 Å². The van der Waals surface area contributed by atoms with Crippen LogP contribution in [0.15, 0.2) is 30.3 Å². The van der Waals surface area contributed by atoms with Gasteiger partial charge in [-0.2, -0.15) is 10.5 Å². The molecule has 1 N–H and O–H groups in total. The number of anilines is 1. The van der Waals surface area contributed by atoms with Crippen molar-refractivity contribution < 1.29 is 0 Å². The molecule has 0 saturated carbocycles. The van der Waals surface area contributed by atoms with E-state index < -0.39 is 0 Å². The van der Waals surface area contributed by atoms with Gasteiger partial charge in [-0.05, 0) is 24.6 Å². The van der Waals surface area contributed by atoms with Crippen molar-refractivity contribution in [1.29, 1.82) is 10.5 Å². The summed E-state index contributed by atoms with van der Waals surface area (Å²) in [6.45, 7) is 2.88. The van der Waals surface area contributed by atoms with Gasteiger partial charge in [0, 0.05) is 18.3 Å². The molecule has 0 atom stereocenters. The Labute approximate surface area is 89.3 Å². The molecule has 15 heavy (non-hydrogen) atoms. The molecule has 0 bridgehead atoms. The number of nitrogens with zero attached hydrogens (tertiary/aromatic N) is 2. The lowest BCUT2D eigenvalue weighted by atomic mass is 10.1. The van der Waals surface area contributed by atoms with Crippen LogP contribution in [-0.4, -0.2) is 6.54 Å². The summed E-state index contributed by atoms with van der Waals surface area (Å²) in [5.74, 6) is 0. The summed E-state index contributed by atoms with van der Waals surface area (Å²) in [5, 5.41) is 20.4. The van der Waals surface area contributed by atoms with Crippen LogP contribution in [0.3, 0.4) is 0 Å². The fourth-order valence-corrected chi connectivity index (χ4v) is 1.22. The Morgan fingerprint density at radius 2 is 2.00 bits per heavy atom. The van der Waals surface area contributed by atoms with Gasteiger partial charge < -0.3 is 5.32 Å². The summed E-state index contributed by atoms with van der Waals surface area (Å²) >= 11 is 0. The minimum absolute atomic E-state index is 0.389. The molecule has 0 saturated heterocycles. The molecule has 1 rings (SSSR count). The molecule has 0 unspecified atom stereocenters. The molecule has 0 heterocycles. The van der Waals surface area contributed by atoms with Crippen molar-refractivity contribution in [3.05, 3.63) is 35.9 Å². The van der Waals surface area contributed by atoms with Crippen molar-refractivity contribution in [2.24, 2.45) is 0 Å². The van der Waals surface area contributed by atoms with Crippen LogP contribution in [0.5, 0.6) is 0 Å². The monoisotopic (exact) mass is 197 g/mol. The highest BCUT2D eigenvalue weighted by molar-refractivity contribution is 5.78. The highest BCUT2D eigenvalue weighted by Gasteiger charge is 1.99. The second-order valence-corrected chi connectivity index (χ2v) is 2.91. The van der Waals surface area contributed by atoms with Crippen LogP contribution < -0.4 is 5.32 Å². The Morgan fingerprint density at radius 1 is 1.33 bits per heavy atom. The van der Waals surface area contributed by atoms with E-state index in [2.05, 4.69) is 5.32 Å². The summed E-state index contributed by atoms with van der Waals surface area (Å²) in [5.41, 5.74) is 2.16. The van der Waals surface area contributed by atoms with Gasteiger partial charge in [0.05, 0.1) is 11.6 Å². The van der Waals surface area contributed by atoms with Gasteiger partial charge in [0.15, 0.2) is 0 Å². The normalized spacial score (nSPS) is 10.2. The van der Waals surface area contributed by atoms with E-state index in [9.17, 15) is 0 Å². The maximum atomic E-state index is 8.80. The van der Waals surface area contributed by atoms with E-state index in [0.717, 1.165) is 17.8 Å². The number of rotatable bonds is 3. The van der Waals surface area contributed by atoms with Crippen LogP contribution >= 0.6 is 0 Å². The van der Waals surface area contributed by atoms with Crippen LogP contribution in [0.2, 0.25) is 0 Å². The predicted molar refractivity (Wildman–Crippen MR) is 59.8 cm³/mol. The van der Waals surface area contributed by atoms with E-state index in [1.54, 1.807) is 0 Å². The van der Waals surface area contributed by atoms with Gasteiger partial charge in [0.1, 0.15) is 6.07 Å². The average molecular weight is 197 g/mol. The molecular formula is C12H11N3. The molecule has 0 radical (unpaired) electrons. The van der Waals surface area contributed by atoms with Crippen LogP contribution in [0.25, 0.3) is 5.57 Å². The Morgan fingerprint density at radius 3 is 2.47 bits per heavy atom. The Bertz CT molecular complexity index is 429. The molecule has 1 aromatic carbocycles. The number of nitriles is 2. The van der Waals surface area contributed by atoms with Crippen molar-refractivity contribution in [2.45, 2.75) is 6.92 Å². The molecule has 0 amide bonds. The molecule has 74 valence electrons. The lowest BCUT2D eigenvalue weighted by Gasteiger charge is -2.03. The minimum Gasteiger partial charge on any atom is -0.385 e. The predicted octanol–water partition coefficient (Wildman–Crippen LogP) is 2.55. The maximum Gasteiger partial charge on any atom is 0.101 e. The number of nitrogens with one attached hydrogen (secondary N) is 1. The summed E-state index contributed by atoms with van der Waals surface area (Å²) in [7, 11) is 0. The van der Waals surface area contributed by atoms with Gasteiger partial charge in [0.2, 0.25) is 0 Å². The number of benzene rings is 1. The summed E-state index contributed by atoms with van der Waals surface area (Å²) in [4.78, 5) is 0. The topological polar surface area (TPSA) is 59.6 Å². The van der Waals surface area contributed by atoms with E-state index in [-0.39, 0.29) is 0 Å². The van der Waals surface area contributed by atoms with Crippen LogP contribution in [0.1, 0.15) is 12.5 Å². The second kappa shape index (κ2) is 5.47. The third-order valence-corrected chi connectivity index (χ3v) is 1.91. The van der Waals surface area contributed by atoms with Gasteiger partial charge in [-0.3, -0.25) is 0 Å². The second-order valence-electron chi connectivity index (χ2n) is 2.91.